The number of hydrogen-bond donors (Lipinski definition) is 4. The van der Waals surface area contributed by atoms with Crippen LogP contribution in [-0.4, -0.2) is 23.1 Å². The molecule has 0 unspecified atom stereocenters. The lowest BCUT2D eigenvalue weighted by atomic mass is 9.99. The van der Waals surface area contributed by atoms with Crippen molar-refractivity contribution in [1.29, 1.82) is 0 Å². The highest BCUT2D eigenvalue weighted by molar-refractivity contribution is 5.94. The number of anilines is 2. The van der Waals surface area contributed by atoms with E-state index in [1.807, 2.05) is 6.07 Å². The minimum atomic E-state index is -1.07. The molecule has 1 atom stereocenters. The molecule has 0 radical (unpaired) electrons. The Bertz CT molecular complexity index is 907. The van der Waals surface area contributed by atoms with Gasteiger partial charge in [0, 0.05) is 17.8 Å². The van der Waals surface area contributed by atoms with Gasteiger partial charge in [-0.25, -0.2) is 9.59 Å². The number of urea groups is 1. The van der Waals surface area contributed by atoms with E-state index in [0.717, 1.165) is 49.8 Å². The molecule has 28 heavy (non-hydrogen) atoms. The van der Waals surface area contributed by atoms with Crippen molar-refractivity contribution in [2.75, 3.05) is 11.1 Å². The molecule has 0 spiro atoms. The van der Waals surface area contributed by atoms with Crippen molar-refractivity contribution in [3.8, 4) is 0 Å². The third-order valence-corrected chi connectivity index (χ3v) is 5.71. The van der Waals surface area contributed by atoms with E-state index in [1.165, 1.54) is 22.3 Å². The summed E-state index contributed by atoms with van der Waals surface area (Å²) in [7, 11) is 0. The van der Waals surface area contributed by atoms with E-state index in [0.29, 0.717) is 5.69 Å². The second-order valence-electron chi connectivity index (χ2n) is 7.67. The zero-order chi connectivity index (χ0) is 19.7. The van der Waals surface area contributed by atoms with E-state index < -0.39 is 18.0 Å². The first-order valence-electron chi connectivity index (χ1n) is 9.82. The van der Waals surface area contributed by atoms with Gasteiger partial charge >= 0.3 is 12.0 Å². The molecule has 4 rings (SSSR count). The molecule has 6 heteroatoms. The van der Waals surface area contributed by atoms with Crippen LogP contribution in [0.2, 0.25) is 0 Å². The number of nitrogen functional groups attached to an aromatic ring is 1. The number of aryl methyl sites for hydroxylation is 2. The molecule has 0 saturated heterocycles. The lowest BCUT2D eigenvalue weighted by Crippen LogP contribution is -2.44. The fourth-order valence-electron chi connectivity index (χ4n) is 4.43. The molecule has 2 aliphatic carbocycles. The predicted molar refractivity (Wildman–Crippen MR) is 109 cm³/mol. The zero-order valence-corrected chi connectivity index (χ0v) is 15.8. The lowest BCUT2D eigenvalue weighted by molar-refractivity contribution is -0.139. The van der Waals surface area contributed by atoms with E-state index in [1.54, 1.807) is 18.2 Å². The second kappa shape index (κ2) is 7.54. The van der Waals surface area contributed by atoms with Gasteiger partial charge in [0.25, 0.3) is 0 Å². The molecule has 146 valence electrons. The Balaban J connectivity index is 1.51. The third kappa shape index (κ3) is 3.67. The van der Waals surface area contributed by atoms with E-state index >= 15 is 0 Å². The highest BCUT2D eigenvalue weighted by Gasteiger charge is 2.26. The summed E-state index contributed by atoms with van der Waals surface area (Å²) in [6, 6.07) is 7.87. The summed E-state index contributed by atoms with van der Waals surface area (Å²) in [5.41, 5.74) is 13.1. The summed E-state index contributed by atoms with van der Waals surface area (Å²) in [4.78, 5) is 24.4. The maximum absolute atomic E-state index is 12.7. The van der Waals surface area contributed by atoms with Crippen LogP contribution in [0.25, 0.3) is 0 Å². The second-order valence-corrected chi connectivity index (χ2v) is 7.67. The quantitative estimate of drug-likeness (QED) is 0.599. The summed E-state index contributed by atoms with van der Waals surface area (Å²) >= 11 is 0. The number of hydrogen-bond acceptors (Lipinski definition) is 3. The molecule has 0 bridgehead atoms. The molecule has 0 heterocycles. The van der Waals surface area contributed by atoms with Gasteiger partial charge in [0.05, 0.1) is 0 Å². The van der Waals surface area contributed by atoms with Crippen LogP contribution >= 0.6 is 0 Å². The van der Waals surface area contributed by atoms with Crippen LogP contribution in [0.1, 0.15) is 40.7 Å². The number of fused-ring (bicyclic) bond motifs is 2. The molecule has 0 fully saturated rings. The van der Waals surface area contributed by atoms with Gasteiger partial charge in [-0.2, -0.15) is 0 Å². The van der Waals surface area contributed by atoms with Gasteiger partial charge in [0.2, 0.25) is 0 Å². The van der Waals surface area contributed by atoms with Gasteiger partial charge in [-0.15, -0.1) is 0 Å². The fraction of sp³-hybridized carbons (Fsp3) is 0.364. The lowest BCUT2D eigenvalue weighted by Gasteiger charge is -2.19. The minimum absolute atomic E-state index is 0.179. The van der Waals surface area contributed by atoms with Crippen LogP contribution in [0.4, 0.5) is 16.2 Å². The van der Waals surface area contributed by atoms with Crippen molar-refractivity contribution in [1.82, 2.24) is 5.32 Å². The molecule has 2 aromatic rings. The predicted octanol–water partition coefficient (Wildman–Crippen LogP) is 3.06. The van der Waals surface area contributed by atoms with E-state index in [9.17, 15) is 14.7 Å². The number of aliphatic carboxylic acids is 1. The van der Waals surface area contributed by atoms with Crippen molar-refractivity contribution >= 4 is 23.4 Å². The third-order valence-electron chi connectivity index (χ3n) is 5.71. The van der Waals surface area contributed by atoms with Crippen LogP contribution < -0.4 is 16.4 Å². The summed E-state index contributed by atoms with van der Waals surface area (Å²) in [5, 5.41) is 15.2. The van der Waals surface area contributed by atoms with Gasteiger partial charge < -0.3 is 21.5 Å². The average molecular weight is 379 g/mol. The Morgan fingerprint density at radius 2 is 1.71 bits per heavy atom. The first kappa shape index (κ1) is 18.3. The SMILES string of the molecule is Nc1cccc(C[C@@H](NC(=O)Nc2c3c(cc4c2CCC4)CCC3)C(=O)O)c1. The fourth-order valence-corrected chi connectivity index (χ4v) is 4.43. The zero-order valence-electron chi connectivity index (χ0n) is 15.8. The number of rotatable bonds is 5. The Labute approximate surface area is 164 Å². The normalized spacial score (nSPS) is 15.6. The van der Waals surface area contributed by atoms with Gasteiger partial charge in [-0.3, -0.25) is 0 Å². The highest BCUT2D eigenvalue weighted by Crippen LogP contribution is 2.38. The van der Waals surface area contributed by atoms with E-state index in [4.69, 9.17) is 5.73 Å². The van der Waals surface area contributed by atoms with Crippen molar-refractivity contribution in [2.24, 2.45) is 0 Å². The monoisotopic (exact) mass is 379 g/mol. The van der Waals surface area contributed by atoms with Crippen molar-refractivity contribution in [3.05, 3.63) is 58.1 Å². The largest absolute Gasteiger partial charge is 0.480 e. The van der Waals surface area contributed by atoms with Crippen LogP contribution in [0.15, 0.2) is 30.3 Å². The summed E-state index contributed by atoms with van der Waals surface area (Å²) in [5.74, 6) is -1.07. The van der Waals surface area contributed by atoms with Gasteiger partial charge in [-0.1, -0.05) is 18.2 Å². The topological polar surface area (TPSA) is 104 Å². The molecule has 2 aliphatic rings. The maximum atomic E-state index is 12.7. The van der Waals surface area contributed by atoms with Crippen LogP contribution in [0.5, 0.6) is 0 Å². The molecule has 2 aromatic carbocycles. The number of carbonyl (C=O) groups is 2. The Morgan fingerprint density at radius 1 is 1.04 bits per heavy atom. The average Bonchev–Trinajstić information content (AvgIpc) is 3.30. The molecule has 0 aliphatic heterocycles. The van der Waals surface area contributed by atoms with Gasteiger partial charge in [0.1, 0.15) is 6.04 Å². The number of carbonyl (C=O) groups excluding carboxylic acids is 1. The molecule has 0 aromatic heterocycles. The first-order valence-corrected chi connectivity index (χ1v) is 9.82. The number of amides is 2. The van der Waals surface area contributed by atoms with Gasteiger partial charge in [0.15, 0.2) is 0 Å². The first-order chi connectivity index (χ1) is 13.5. The summed E-state index contributed by atoms with van der Waals surface area (Å²) < 4.78 is 0. The van der Waals surface area contributed by atoms with Gasteiger partial charge in [-0.05, 0) is 78.5 Å². The van der Waals surface area contributed by atoms with Crippen LogP contribution in [-0.2, 0) is 36.9 Å². The Kier molecular flexibility index (Phi) is 4.94. The van der Waals surface area contributed by atoms with Crippen molar-refractivity contribution < 1.29 is 14.7 Å². The number of nitrogens with two attached hydrogens (primary N) is 1. The molecule has 5 N–H and O–H groups in total. The molecule has 2 amide bonds. The number of carboxylic acid groups (broad SMARTS) is 1. The highest BCUT2D eigenvalue weighted by atomic mass is 16.4. The Morgan fingerprint density at radius 3 is 2.32 bits per heavy atom. The van der Waals surface area contributed by atoms with Crippen molar-refractivity contribution in [3.63, 3.8) is 0 Å². The van der Waals surface area contributed by atoms with Crippen LogP contribution in [0.3, 0.4) is 0 Å². The summed E-state index contributed by atoms with van der Waals surface area (Å²) in [6.07, 6.45) is 6.40. The molecule has 0 saturated carbocycles. The standard InChI is InChI=1S/C22H25N3O3/c23-16-7-1-4-13(10-16)11-19(21(26)27)24-22(28)25-20-17-8-2-5-14(17)12-15-6-3-9-18(15)20/h1,4,7,10,12,19H,2-3,5-6,8-9,11,23H2,(H,26,27)(H2,24,25,28)/t19-/m1/s1. The van der Waals surface area contributed by atoms with Crippen LogP contribution in [0, 0.1) is 0 Å². The van der Waals surface area contributed by atoms with E-state index in [2.05, 4.69) is 16.7 Å². The number of benzene rings is 2. The number of nitrogens with one attached hydrogen (secondary N) is 2. The molecular weight excluding hydrogens is 354 g/mol. The van der Waals surface area contributed by atoms with E-state index in [-0.39, 0.29) is 6.42 Å². The maximum Gasteiger partial charge on any atom is 0.326 e. The smallest absolute Gasteiger partial charge is 0.326 e. The van der Waals surface area contributed by atoms with Crippen molar-refractivity contribution in [2.45, 2.75) is 51.0 Å². The molecular formula is C22H25N3O3. The summed E-state index contributed by atoms with van der Waals surface area (Å²) in [6.45, 7) is 0. The Hall–Kier alpha value is -3.02. The minimum Gasteiger partial charge on any atom is -0.480 e. The number of carboxylic acids is 1. The molecule has 6 nitrogen and oxygen atoms in total.